The first-order chi connectivity index (χ1) is 8.63. The highest BCUT2D eigenvalue weighted by Crippen LogP contribution is 2.23. The van der Waals surface area contributed by atoms with Gasteiger partial charge in [0, 0.05) is 13.2 Å². The molecule has 0 aromatic heterocycles. The summed E-state index contributed by atoms with van der Waals surface area (Å²) >= 11 is 0. The number of amidine groups is 1. The third-order valence-corrected chi connectivity index (χ3v) is 3.52. The van der Waals surface area contributed by atoms with Crippen molar-refractivity contribution in [1.82, 2.24) is 4.90 Å². The van der Waals surface area contributed by atoms with Crippen LogP contribution >= 0.6 is 0 Å². The second-order valence-corrected chi connectivity index (χ2v) is 4.64. The van der Waals surface area contributed by atoms with Gasteiger partial charge in [-0.1, -0.05) is 5.16 Å². The number of carbonyl (C=O) groups excluding carboxylic acids is 1. The van der Waals surface area contributed by atoms with Crippen molar-refractivity contribution in [2.45, 2.75) is 25.6 Å². The lowest BCUT2D eigenvalue weighted by Gasteiger charge is -2.34. The number of oxime groups is 1. The Balaban J connectivity index is 1.98. The van der Waals surface area contributed by atoms with Crippen LogP contribution in [0.2, 0.25) is 0 Å². The first-order valence-electron chi connectivity index (χ1n) is 6.13. The van der Waals surface area contributed by atoms with Crippen LogP contribution < -0.4 is 5.73 Å². The van der Waals surface area contributed by atoms with E-state index in [1.165, 1.54) is 0 Å². The van der Waals surface area contributed by atoms with Crippen LogP contribution in [0.5, 0.6) is 0 Å². The predicted octanol–water partition coefficient (Wildman–Crippen LogP) is -0.615. The molecule has 1 amide bonds. The molecular weight excluding hydrogens is 238 g/mol. The van der Waals surface area contributed by atoms with E-state index in [1.54, 1.807) is 4.90 Å². The standard InChI is InChI=1S/C11H19N3O4/c1-7-8(2-4-17-7)11(15)14-3-5-18-9(6-14)10(12)13-16/h7-9,16H,2-6H2,1H3,(H2,12,13). The van der Waals surface area contributed by atoms with Crippen molar-refractivity contribution in [2.24, 2.45) is 16.8 Å². The van der Waals surface area contributed by atoms with Crippen LogP contribution in [0, 0.1) is 5.92 Å². The molecule has 3 N–H and O–H groups in total. The smallest absolute Gasteiger partial charge is 0.228 e. The summed E-state index contributed by atoms with van der Waals surface area (Å²) in [5, 5.41) is 11.6. The van der Waals surface area contributed by atoms with Crippen molar-refractivity contribution >= 4 is 11.7 Å². The van der Waals surface area contributed by atoms with E-state index in [1.807, 2.05) is 6.92 Å². The third kappa shape index (κ3) is 2.56. The van der Waals surface area contributed by atoms with Crippen molar-refractivity contribution in [1.29, 1.82) is 0 Å². The molecule has 2 rings (SSSR count). The second kappa shape index (κ2) is 5.53. The first kappa shape index (κ1) is 13.1. The first-order valence-corrected chi connectivity index (χ1v) is 6.13. The van der Waals surface area contributed by atoms with Gasteiger partial charge >= 0.3 is 0 Å². The minimum Gasteiger partial charge on any atom is -0.409 e. The van der Waals surface area contributed by atoms with Crippen molar-refractivity contribution in [2.75, 3.05) is 26.3 Å². The van der Waals surface area contributed by atoms with Crippen molar-refractivity contribution in [3.05, 3.63) is 0 Å². The Kier molecular flexibility index (Phi) is 4.03. The molecule has 0 radical (unpaired) electrons. The van der Waals surface area contributed by atoms with E-state index < -0.39 is 6.10 Å². The molecule has 0 aromatic rings. The molecular formula is C11H19N3O4. The minimum atomic E-state index is -0.523. The summed E-state index contributed by atoms with van der Waals surface area (Å²) in [6, 6.07) is 0. The van der Waals surface area contributed by atoms with Gasteiger partial charge in [-0.3, -0.25) is 4.79 Å². The number of nitrogens with zero attached hydrogens (tertiary/aromatic N) is 2. The molecule has 7 nitrogen and oxygen atoms in total. The highest BCUT2D eigenvalue weighted by atomic mass is 16.5. The van der Waals surface area contributed by atoms with E-state index in [0.717, 1.165) is 6.42 Å². The lowest BCUT2D eigenvalue weighted by molar-refractivity contribution is -0.142. The minimum absolute atomic E-state index is 0.00298. The van der Waals surface area contributed by atoms with Crippen LogP contribution in [-0.4, -0.2) is 60.4 Å². The average molecular weight is 257 g/mol. The SMILES string of the molecule is CC1OCCC1C(=O)N1CCOC(C(N)=NO)C1. The van der Waals surface area contributed by atoms with Crippen LogP contribution in [0.15, 0.2) is 5.16 Å². The normalized spacial score (nSPS) is 33.7. The van der Waals surface area contributed by atoms with Gasteiger partial charge in [0.2, 0.25) is 5.91 Å². The fourth-order valence-corrected chi connectivity index (χ4v) is 2.38. The predicted molar refractivity (Wildman–Crippen MR) is 63.2 cm³/mol. The molecule has 2 aliphatic heterocycles. The van der Waals surface area contributed by atoms with Crippen LogP contribution in [0.3, 0.4) is 0 Å². The maximum absolute atomic E-state index is 12.3. The van der Waals surface area contributed by atoms with Gasteiger partial charge in [0.15, 0.2) is 5.84 Å². The number of nitrogens with two attached hydrogens (primary N) is 1. The van der Waals surface area contributed by atoms with E-state index in [9.17, 15) is 4.79 Å². The molecule has 18 heavy (non-hydrogen) atoms. The number of ether oxygens (including phenoxy) is 2. The maximum atomic E-state index is 12.3. The van der Waals surface area contributed by atoms with Gasteiger partial charge in [-0.2, -0.15) is 0 Å². The average Bonchev–Trinajstić information content (AvgIpc) is 2.83. The summed E-state index contributed by atoms with van der Waals surface area (Å²) in [5.41, 5.74) is 5.50. The third-order valence-electron chi connectivity index (χ3n) is 3.52. The molecule has 0 aromatic carbocycles. The molecule has 2 aliphatic rings. The van der Waals surface area contributed by atoms with E-state index in [2.05, 4.69) is 5.16 Å². The molecule has 2 fully saturated rings. The summed E-state index contributed by atoms with van der Waals surface area (Å²) in [5.74, 6) is -0.0155. The zero-order chi connectivity index (χ0) is 13.1. The molecule has 2 saturated heterocycles. The molecule has 0 bridgehead atoms. The van der Waals surface area contributed by atoms with Crippen LogP contribution in [0.1, 0.15) is 13.3 Å². The summed E-state index contributed by atoms with van der Waals surface area (Å²) in [6.45, 7) is 3.81. The number of hydrogen-bond donors (Lipinski definition) is 2. The van der Waals surface area contributed by atoms with Gasteiger partial charge in [0.05, 0.1) is 25.2 Å². The largest absolute Gasteiger partial charge is 0.409 e. The Morgan fingerprint density at radius 3 is 2.83 bits per heavy atom. The number of carbonyl (C=O) groups is 1. The number of amides is 1. The van der Waals surface area contributed by atoms with Crippen LogP contribution in [0.4, 0.5) is 0 Å². The monoisotopic (exact) mass is 257 g/mol. The lowest BCUT2D eigenvalue weighted by Crippen LogP contribution is -2.52. The van der Waals surface area contributed by atoms with Crippen LogP contribution in [-0.2, 0) is 14.3 Å². The van der Waals surface area contributed by atoms with Gasteiger partial charge < -0.3 is 25.3 Å². The van der Waals surface area contributed by atoms with Gasteiger partial charge in [-0.05, 0) is 13.3 Å². The Hall–Kier alpha value is -1.34. The molecule has 2 heterocycles. The molecule has 0 aliphatic carbocycles. The summed E-state index contributed by atoms with van der Waals surface area (Å²) < 4.78 is 10.8. The maximum Gasteiger partial charge on any atom is 0.228 e. The van der Waals surface area contributed by atoms with E-state index in [0.29, 0.717) is 26.3 Å². The van der Waals surface area contributed by atoms with Gasteiger partial charge in [-0.25, -0.2) is 0 Å². The Morgan fingerprint density at radius 2 is 2.22 bits per heavy atom. The summed E-state index contributed by atoms with van der Waals surface area (Å²) in [6.07, 6.45) is 0.193. The Morgan fingerprint density at radius 1 is 1.44 bits per heavy atom. The number of hydrogen-bond acceptors (Lipinski definition) is 5. The lowest BCUT2D eigenvalue weighted by atomic mass is 10.0. The van der Waals surface area contributed by atoms with Gasteiger partial charge in [-0.15, -0.1) is 0 Å². The topological polar surface area (TPSA) is 97.4 Å². The van der Waals surface area contributed by atoms with E-state index in [-0.39, 0.29) is 23.8 Å². The number of morpholine rings is 1. The van der Waals surface area contributed by atoms with Gasteiger partial charge in [0.1, 0.15) is 6.10 Å². The summed E-state index contributed by atoms with van der Waals surface area (Å²) in [4.78, 5) is 14.0. The van der Waals surface area contributed by atoms with Crippen molar-refractivity contribution < 1.29 is 19.5 Å². The zero-order valence-electron chi connectivity index (χ0n) is 10.4. The zero-order valence-corrected chi connectivity index (χ0v) is 10.4. The van der Waals surface area contributed by atoms with E-state index in [4.69, 9.17) is 20.4 Å². The summed E-state index contributed by atoms with van der Waals surface area (Å²) in [7, 11) is 0. The van der Waals surface area contributed by atoms with Crippen LogP contribution in [0.25, 0.3) is 0 Å². The highest BCUT2D eigenvalue weighted by molar-refractivity contribution is 5.86. The quantitative estimate of drug-likeness (QED) is 0.297. The fraction of sp³-hybridized carbons (Fsp3) is 0.818. The van der Waals surface area contributed by atoms with Crippen molar-refractivity contribution in [3.63, 3.8) is 0 Å². The van der Waals surface area contributed by atoms with Gasteiger partial charge in [0.25, 0.3) is 0 Å². The second-order valence-electron chi connectivity index (χ2n) is 4.64. The fourth-order valence-electron chi connectivity index (χ4n) is 2.38. The molecule has 3 atom stereocenters. The number of rotatable bonds is 2. The molecule has 3 unspecified atom stereocenters. The Bertz CT molecular complexity index is 347. The van der Waals surface area contributed by atoms with Crippen molar-refractivity contribution in [3.8, 4) is 0 Å². The molecule has 102 valence electrons. The molecule has 0 saturated carbocycles. The molecule has 7 heteroatoms. The molecule has 0 spiro atoms. The van der Waals surface area contributed by atoms with E-state index >= 15 is 0 Å². The highest BCUT2D eigenvalue weighted by Gasteiger charge is 2.36. The Labute approximate surface area is 106 Å².